The molecule has 2 aromatic rings. The SMILES string of the molecule is Cc1ccncc1CNCC(c1ccco1)N1CCCC1. The second kappa shape index (κ2) is 6.87. The van der Waals surface area contributed by atoms with Crippen molar-refractivity contribution in [2.45, 2.75) is 32.4 Å². The van der Waals surface area contributed by atoms with E-state index in [4.69, 9.17) is 4.42 Å². The Balaban J connectivity index is 1.61. The summed E-state index contributed by atoms with van der Waals surface area (Å²) >= 11 is 0. The van der Waals surface area contributed by atoms with E-state index in [2.05, 4.69) is 34.3 Å². The Kier molecular flexibility index (Phi) is 4.68. The largest absolute Gasteiger partial charge is 0.468 e. The molecule has 112 valence electrons. The molecule has 1 aliphatic rings. The van der Waals surface area contributed by atoms with Gasteiger partial charge in [-0.2, -0.15) is 0 Å². The van der Waals surface area contributed by atoms with Crippen LogP contribution in [0.1, 0.15) is 35.8 Å². The molecule has 0 amide bonds. The van der Waals surface area contributed by atoms with Crippen LogP contribution in [0.25, 0.3) is 0 Å². The highest BCUT2D eigenvalue weighted by atomic mass is 16.3. The number of hydrogen-bond donors (Lipinski definition) is 1. The van der Waals surface area contributed by atoms with Crippen molar-refractivity contribution in [1.82, 2.24) is 15.2 Å². The fourth-order valence-corrected chi connectivity index (χ4v) is 2.97. The molecule has 1 unspecified atom stereocenters. The number of aromatic nitrogens is 1. The maximum Gasteiger partial charge on any atom is 0.122 e. The number of likely N-dealkylation sites (tertiary alicyclic amines) is 1. The molecule has 4 heteroatoms. The zero-order valence-corrected chi connectivity index (χ0v) is 12.6. The Morgan fingerprint density at radius 3 is 2.90 bits per heavy atom. The van der Waals surface area contributed by atoms with E-state index in [1.807, 2.05) is 18.5 Å². The molecule has 21 heavy (non-hydrogen) atoms. The van der Waals surface area contributed by atoms with Gasteiger partial charge < -0.3 is 9.73 Å². The summed E-state index contributed by atoms with van der Waals surface area (Å²) in [4.78, 5) is 6.72. The Morgan fingerprint density at radius 2 is 2.19 bits per heavy atom. The van der Waals surface area contributed by atoms with Gasteiger partial charge in [-0.15, -0.1) is 0 Å². The van der Waals surface area contributed by atoms with Gasteiger partial charge in [0.25, 0.3) is 0 Å². The average molecular weight is 285 g/mol. The summed E-state index contributed by atoms with van der Waals surface area (Å²) in [5.74, 6) is 1.06. The van der Waals surface area contributed by atoms with Crippen molar-refractivity contribution in [1.29, 1.82) is 0 Å². The molecule has 0 saturated carbocycles. The summed E-state index contributed by atoms with van der Waals surface area (Å²) in [7, 11) is 0. The summed E-state index contributed by atoms with van der Waals surface area (Å²) < 4.78 is 5.64. The quantitative estimate of drug-likeness (QED) is 0.886. The van der Waals surface area contributed by atoms with Crippen LogP contribution < -0.4 is 5.32 Å². The van der Waals surface area contributed by atoms with Gasteiger partial charge in [-0.3, -0.25) is 9.88 Å². The van der Waals surface area contributed by atoms with Crippen molar-refractivity contribution in [2.75, 3.05) is 19.6 Å². The Hall–Kier alpha value is -1.65. The standard InChI is InChI=1S/C17H23N3O/c1-14-6-7-18-11-15(14)12-19-13-16(17-5-4-10-21-17)20-8-2-3-9-20/h4-7,10-11,16,19H,2-3,8-9,12-13H2,1H3. The number of aryl methyl sites for hydroxylation is 1. The first-order valence-electron chi connectivity index (χ1n) is 7.72. The summed E-state index contributed by atoms with van der Waals surface area (Å²) in [6.45, 7) is 6.22. The second-order valence-corrected chi connectivity index (χ2v) is 5.71. The van der Waals surface area contributed by atoms with E-state index in [-0.39, 0.29) is 0 Å². The summed E-state index contributed by atoms with van der Waals surface area (Å²) in [5, 5.41) is 3.57. The molecular weight excluding hydrogens is 262 g/mol. The molecule has 0 spiro atoms. The van der Waals surface area contributed by atoms with E-state index in [0.717, 1.165) is 18.8 Å². The van der Waals surface area contributed by atoms with Gasteiger partial charge in [0, 0.05) is 25.5 Å². The lowest BCUT2D eigenvalue weighted by Gasteiger charge is -2.26. The monoisotopic (exact) mass is 285 g/mol. The van der Waals surface area contributed by atoms with Crippen molar-refractivity contribution in [3.63, 3.8) is 0 Å². The highest BCUT2D eigenvalue weighted by molar-refractivity contribution is 5.21. The maximum absolute atomic E-state index is 5.64. The molecule has 4 nitrogen and oxygen atoms in total. The minimum absolute atomic E-state index is 0.333. The van der Waals surface area contributed by atoms with E-state index in [1.165, 1.54) is 37.1 Å². The van der Waals surface area contributed by atoms with Gasteiger partial charge in [0.15, 0.2) is 0 Å². The molecule has 3 heterocycles. The van der Waals surface area contributed by atoms with Crippen LogP contribution in [0.4, 0.5) is 0 Å². The molecule has 1 N–H and O–H groups in total. The summed E-state index contributed by atoms with van der Waals surface area (Å²) in [5.41, 5.74) is 2.55. The molecular formula is C17H23N3O. The molecule has 1 atom stereocenters. The van der Waals surface area contributed by atoms with Crippen LogP contribution in [0.5, 0.6) is 0 Å². The molecule has 1 saturated heterocycles. The van der Waals surface area contributed by atoms with Crippen molar-refractivity contribution in [3.05, 3.63) is 53.7 Å². The Bertz CT molecular complexity index is 547. The highest BCUT2D eigenvalue weighted by Gasteiger charge is 2.25. The number of rotatable bonds is 6. The van der Waals surface area contributed by atoms with Gasteiger partial charge >= 0.3 is 0 Å². The molecule has 0 aromatic carbocycles. The minimum Gasteiger partial charge on any atom is -0.468 e. The molecule has 0 radical (unpaired) electrons. The fourth-order valence-electron chi connectivity index (χ4n) is 2.97. The van der Waals surface area contributed by atoms with Crippen molar-refractivity contribution >= 4 is 0 Å². The molecule has 0 aliphatic carbocycles. The number of furan rings is 1. The van der Waals surface area contributed by atoms with Crippen LogP contribution in [0.3, 0.4) is 0 Å². The third kappa shape index (κ3) is 3.52. The van der Waals surface area contributed by atoms with Crippen LogP contribution in [0.2, 0.25) is 0 Å². The summed E-state index contributed by atoms with van der Waals surface area (Å²) in [6.07, 6.45) is 8.14. The van der Waals surface area contributed by atoms with Gasteiger partial charge in [0.2, 0.25) is 0 Å². The number of nitrogens with one attached hydrogen (secondary N) is 1. The second-order valence-electron chi connectivity index (χ2n) is 5.71. The van der Waals surface area contributed by atoms with Crippen LogP contribution in [0, 0.1) is 6.92 Å². The number of pyridine rings is 1. The smallest absolute Gasteiger partial charge is 0.122 e. The number of nitrogens with zero attached hydrogens (tertiary/aromatic N) is 2. The van der Waals surface area contributed by atoms with Gasteiger partial charge in [0.05, 0.1) is 12.3 Å². The van der Waals surface area contributed by atoms with Crippen molar-refractivity contribution in [2.24, 2.45) is 0 Å². The zero-order chi connectivity index (χ0) is 14.5. The fraction of sp³-hybridized carbons (Fsp3) is 0.471. The van der Waals surface area contributed by atoms with Crippen molar-refractivity contribution in [3.8, 4) is 0 Å². The van der Waals surface area contributed by atoms with Gasteiger partial charge in [-0.1, -0.05) is 0 Å². The maximum atomic E-state index is 5.64. The van der Waals surface area contributed by atoms with E-state index in [9.17, 15) is 0 Å². The minimum atomic E-state index is 0.333. The van der Waals surface area contributed by atoms with Crippen LogP contribution >= 0.6 is 0 Å². The molecule has 1 aliphatic heterocycles. The van der Waals surface area contributed by atoms with Crippen LogP contribution in [-0.2, 0) is 6.54 Å². The molecule has 0 bridgehead atoms. The van der Waals surface area contributed by atoms with Gasteiger partial charge in [-0.25, -0.2) is 0 Å². The highest BCUT2D eigenvalue weighted by Crippen LogP contribution is 2.25. The molecule has 3 rings (SSSR count). The zero-order valence-electron chi connectivity index (χ0n) is 12.6. The lowest BCUT2D eigenvalue weighted by atomic mass is 10.1. The molecule has 2 aromatic heterocycles. The Morgan fingerprint density at radius 1 is 1.33 bits per heavy atom. The first-order chi connectivity index (χ1) is 10.3. The van der Waals surface area contributed by atoms with E-state index in [1.54, 1.807) is 6.26 Å². The predicted molar refractivity (Wildman–Crippen MR) is 82.9 cm³/mol. The van der Waals surface area contributed by atoms with Crippen LogP contribution in [0.15, 0.2) is 41.3 Å². The third-order valence-corrected chi connectivity index (χ3v) is 4.25. The van der Waals surface area contributed by atoms with Gasteiger partial charge in [0.1, 0.15) is 5.76 Å². The first-order valence-corrected chi connectivity index (χ1v) is 7.72. The molecule has 1 fully saturated rings. The average Bonchev–Trinajstić information content (AvgIpc) is 3.19. The van der Waals surface area contributed by atoms with Crippen molar-refractivity contribution < 1.29 is 4.42 Å². The van der Waals surface area contributed by atoms with Gasteiger partial charge in [-0.05, 0) is 62.2 Å². The van der Waals surface area contributed by atoms with Crippen LogP contribution in [-0.4, -0.2) is 29.5 Å². The normalized spacial score (nSPS) is 17.2. The van der Waals surface area contributed by atoms with E-state index < -0.39 is 0 Å². The first kappa shape index (κ1) is 14.3. The Labute approximate surface area is 126 Å². The summed E-state index contributed by atoms with van der Waals surface area (Å²) in [6, 6.07) is 6.45. The number of hydrogen-bond acceptors (Lipinski definition) is 4. The third-order valence-electron chi connectivity index (χ3n) is 4.25. The topological polar surface area (TPSA) is 41.3 Å². The van der Waals surface area contributed by atoms with E-state index in [0.29, 0.717) is 6.04 Å². The lowest BCUT2D eigenvalue weighted by molar-refractivity contribution is 0.209. The van der Waals surface area contributed by atoms with E-state index >= 15 is 0 Å². The predicted octanol–water partition coefficient (Wildman–Crippen LogP) is 2.91. The lowest BCUT2D eigenvalue weighted by Crippen LogP contribution is -2.33.